The predicted octanol–water partition coefficient (Wildman–Crippen LogP) is 2.13. The Morgan fingerprint density at radius 2 is 1.85 bits per heavy atom. The monoisotopic (exact) mass is 388 g/mol. The largest absolute Gasteiger partial charge is 0.332 e. The first-order valence-corrected chi connectivity index (χ1v) is 9.07. The van der Waals surface area contributed by atoms with Crippen LogP contribution in [-0.4, -0.2) is 25.0 Å². The highest BCUT2D eigenvalue weighted by molar-refractivity contribution is 6.30. The minimum absolute atomic E-state index is 0.187. The summed E-state index contributed by atoms with van der Waals surface area (Å²) in [4.78, 5) is 41.0. The quantitative estimate of drug-likeness (QED) is 0.606. The number of rotatable bonds is 6. The lowest BCUT2D eigenvalue weighted by Crippen LogP contribution is -2.40. The highest BCUT2D eigenvalue weighted by Gasteiger charge is 2.19. The van der Waals surface area contributed by atoms with Crippen LogP contribution in [0.25, 0.3) is 11.2 Å². The number of carbonyl (C=O) groups is 1. The van der Waals surface area contributed by atoms with E-state index in [0.29, 0.717) is 35.0 Å². The normalized spacial score (nSPS) is 12.4. The Labute approximate surface area is 160 Å². The standard InChI is InChI=1S/C19H21ClN4O3/c1-12(11-25)8-9-23-18(26)16-17(22(3)19(23)27)21-13(2)24(16)10-14-4-6-15(20)7-5-14/h4-7,11-12H,8-10H2,1-3H3. The maximum atomic E-state index is 13.1. The molecule has 0 amide bonds. The van der Waals surface area contributed by atoms with Crippen molar-refractivity contribution in [3.8, 4) is 0 Å². The predicted molar refractivity (Wildman–Crippen MR) is 104 cm³/mol. The number of aldehydes is 1. The molecule has 0 spiro atoms. The van der Waals surface area contributed by atoms with E-state index in [0.717, 1.165) is 11.8 Å². The fourth-order valence-electron chi connectivity index (χ4n) is 3.04. The lowest BCUT2D eigenvalue weighted by molar-refractivity contribution is -0.110. The molecule has 3 rings (SSSR count). The van der Waals surface area contributed by atoms with Crippen molar-refractivity contribution in [1.82, 2.24) is 18.7 Å². The second-order valence-electron chi connectivity index (χ2n) is 6.74. The van der Waals surface area contributed by atoms with Crippen molar-refractivity contribution in [3.05, 3.63) is 61.5 Å². The van der Waals surface area contributed by atoms with Gasteiger partial charge < -0.3 is 9.36 Å². The Kier molecular flexibility index (Phi) is 5.32. The third-order valence-electron chi connectivity index (χ3n) is 4.72. The van der Waals surface area contributed by atoms with E-state index in [2.05, 4.69) is 4.98 Å². The number of halogens is 1. The van der Waals surface area contributed by atoms with Gasteiger partial charge >= 0.3 is 5.69 Å². The van der Waals surface area contributed by atoms with Crippen molar-refractivity contribution in [2.75, 3.05) is 0 Å². The molecule has 142 valence electrons. The lowest BCUT2D eigenvalue weighted by Gasteiger charge is -2.11. The molecule has 0 aliphatic rings. The Morgan fingerprint density at radius 1 is 1.19 bits per heavy atom. The number of fused-ring (bicyclic) bond motifs is 1. The van der Waals surface area contributed by atoms with Gasteiger partial charge in [0.15, 0.2) is 11.2 Å². The van der Waals surface area contributed by atoms with Crippen LogP contribution >= 0.6 is 11.6 Å². The number of aryl methyl sites for hydroxylation is 2. The molecule has 0 aliphatic carbocycles. The Hall–Kier alpha value is -2.67. The van der Waals surface area contributed by atoms with E-state index < -0.39 is 5.69 Å². The number of imidazole rings is 1. The van der Waals surface area contributed by atoms with Crippen molar-refractivity contribution in [3.63, 3.8) is 0 Å². The van der Waals surface area contributed by atoms with Crippen LogP contribution < -0.4 is 11.2 Å². The Balaban J connectivity index is 2.15. The molecule has 0 bridgehead atoms. The second-order valence-corrected chi connectivity index (χ2v) is 7.18. The third-order valence-corrected chi connectivity index (χ3v) is 4.97. The van der Waals surface area contributed by atoms with Gasteiger partial charge in [-0.05, 0) is 31.0 Å². The maximum Gasteiger partial charge on any atom is 0.332 e. The average molecular weight is 389 g/mol. The van der Waals surface area contributed by atoms with Crippen LogP contribution in [0.4, 0.5) is 0 Å². The Morgan fingerprint density at radius 3 is 2.48 bits per heavy atom. The first-order chi connectivity index (χ1) is 12.8. The number of nitrogens with zero attached hydrogens (tertiary/aromatic N) is 4. The van der Waals surface area contributed by atoms with Gasteiger partial charge in [0.1, 0.15) is 12.1 Å². The molecule has 3 aromatic rings. The molecule has 1 atom stereocenters. The maximum absolute atomic E-state index is 13.1. The number of benzene rings is 1. The summed E-state index contributed by atoms with van der Waals surface area (Å²) in [7, 11) is 1.60. The van der Waals surface area contributed by atoms with Crippen molar-refractivity contribution in [2.45, 2.75) is 33.4 Å². The molecule has 0 radical (unpaired) electrons. The van der Waals surface area contributed by atoms with Crippen LogP contribution in [0.2, 0.25) is 5.02 Å². The lowest BCUT2D eigenvalue weighted by atomic mass is 10.1. The molecule has 7 nitrogen and oxygen atoms in total. The molecule has 2 heterocycles. The van der Waals surface area contributed by atoms with E-state index in [1.165, 1.54) is 9.13 Å². The summed E-state index contributed by atoms with van der Waals surface area (Å²) in [5.41, 5.74) is 0.887. The van der Waals surface area contributed by atoms with Crippen LogP contribution in [0.5, 0.6) is 0 Å². The molecule has 8 heteroatoms. The van der Waals surface area contributed by atoms with Gasteiger partial charge in [0, 0.05) is 31.1 Å². The molecule has 2 aromatic heterocycles. The first-order valence-electron chi connectivity index (χ1n) is 8.70. The smallest absolute Gasteiger partial charge is 0.318 e. The zero-order chi connectivity index (χ0) is 19.7. The molecule has 27 heavy (non-hydrogen) atoms. The van der Waals surface area contributed by atoms with Crippen molar-refractivity contribution < 1.29 is 4.79 Å². The van der Waals surface area contributed by atoms with Crippen LogP contribution in [0.3, 0.4) is 0 Å². The third kappa shape index (κ3) is 3.60. The molecule has 1 aromatic carbocycles. The van der Waals surface area contributed by atoms with Crippen molar-refractivity contribution in [1.29, 1.82) is 0 Å². The number of hydrogen-bond donors (Lipinski definition) is 0. The van der Waals surface area contributed by atoms with Gasteiger partial charge in [0.2, 0.25) is 0 Å². The summed E-state index contributed by atoms with van der Waals surface area (Å²) in [6, 6.07) is 7.36. The zero-order valence-corrected chi connectivity index (χ0v) is 16.2. The summed E-state index contributed by atoms with van der Waals surface area (Å²) in [6.07, 6.45) is 1.25. The van der Waals surface area contributed by atoms with E-state index in [4.69, 9.17) is 11.6 Å². The first kappa shape index (κ1) is 19.1. The molecular formula is C19H21ClN4O3. The Bertz CT molecular complexity index is 1110. The van der Waals surface area contributed by atoms with Crippen molar-refractivity contribution in [2.24, 2.45) is 13.0 Å². The van der Waals surface area contributed by atoms with Gasteiger partial charge in [-0.25, -0.2) is 9.78 Å². The summed E-state index contributed by atoms with van der Waals surface area (Å²) in [5.74, 6) is 0.420. The molecule has 0 fully saturated rings. The van der Waals surface area contributed by atoms with Crippen LogP contribution in [0.15, 0.2) is 33.9 Å². The summed E-state index contributed by atoms with van der Waals surface area (Å²) >= 11 is 5.94. The van der Waals surface area contributed by atoms with E-state index in [-0.39, 0.29) is 18.0 Å². The molecule has 0 aliphatic heterocycles. The van der Waals surface area contributed by atoms with Gasteiger partial charge in [0.05, 0.1) is 0 Å². The van der Waals surface area contributed by atoms with Gasteiger partial charge in [-0.3, -0.25) is 13.9 Å². The van der Waals surface area contributed by atoms with E-state index in [9.17, 15) is 14.4 Å². The van der Waals surface area contributed by atoms with Gasteiger partial charge in [0.25, 0.3) is 5.56 Å². The minimum Gasteiger partial charge on any atom is -0.318 e. The van der Waals surface area contributed by atoms with Crippen LogP contribution in [-0.2, 0) is 24.9 Å². The molecule has 0 saturated heterocycles. The number of aromatic nitrogens is 4. The second kappa shape index (κ2) is 7.52. The van der Waals surface area contributed by atoms with Gasteiger partial charge in [-0.2, -0.15) is 0 Å². The van der Waals surface area contributed by atoms with Gasteiger partial charge in [-0.1, -0.05) is 30.7 Å². The molecule has 0 saturated carbocycles. The van der Waals surface area contributed by atoms with Crippen molar-refractivity contribution >= 4 is 29.1 Å². The fraction of sp³-hybridized carbons (Fsp3) is 0.368. The topological polar surface area (TPSA) is 78.9 Å². The zero-order valence-electron chi connectivity index (χ0n) is 15.5. The summed E-state index contributed by atoms with van der Waals surface area (Å²) in [6.45, 7) is 4.19. The average Bonchev–Trinajstić information content (AvgIpc) is 2.98. The summed E-state index contributed by atoms with van der Waals surface area (Å²) < 4.78 is 4.37. The molecule has 0 N–H and O–H groups in total. The fourth-order valence-corrected chi connectivity index (χ4v) is 3.17. The van der Waals surface area contributed by atoms with Crippen LogP contribution in [0, 0.1) is 12.8 Å². The highest BCUT2D eigenvalue weighted by atomic mass is 35.5. The van der Waals surface area contributed by atoms with E-state index >= 15 is 0 Å². The molecular weight excluding hydrogens is 368 g/mol. The van der Waals surface area contributed by atoms with Crippen LogP contribution in [0.1, 0.15) is 24.7 Å². The molecule has 1 unspecified atom stereocenters. The number of hydrogen-bond acceptors (Lipinski definition) is 4. The SMILES string of the molecule is Cc1nc2c(c(=O)n(CCC(C)C=O)c(=O)n2C)n1Cc1ccc(Cl)cc1. The minimum atomic E-state index is -0.429. The highest BCUT2D eigenvalue weighted by Crippen LogP contribution is 2.15. The number of carbonyl (C=O) groups excluding carboxylic acids is 1. The van der Waals surface area contributed by atoms with E-state index in [1.54, 1.807) is 37.6 Å². The van der Waals surface area contributed by atoms with E-state index in [1.807, 2.05) is 12.1 Å². The van der Waals surface area contributed by atoms with Gasteiger partial charge in [-0.15, -0.1) is 0 Å². The summed E-state index contributed by atoms with van der Waals surface area (Å²) in [5, 5.41) is 0.639.